The van der Waals surface area contributed by atoms with Gasteiger partial charge < -0.3 is 14.5 Å². The van der Waals surface area contributed by atoms with Crippen LogP contribution in [0.5, 0.6) is 0 Å². The van der Waals surface area contributed by atoms with Gasteiger partial charge in [0.1, 0.15) is 5.76 Å². The molecule has 0 unspecified atom stereocenters. The van der Waals surface area contributed by atoms with Crippen LogP contribution in [0.3, 0.4) is 0 Å². The third kappa shape index (κ3) is 4.34. The summed E-state index contributed by atoms with van der Waals surface area (Å²) >= 11 is 0. The maximum absolute atomic E-state index is 5.59. The summed E-state index contributed by atoms with van der Waals surface area (Å²) in [5.74, 6) is 1.08. The quantitative estimate of drug-likeness (QED) is 0.769. The Morgan fingerprint density at radius 3 is 2.89 bits per heavy atom. The summed E-state index contributed by atoms with van der Waals surface area (Å²) < 4.78 is 11.0. The summed E-state index contributed by atoms with van der Waals surface area (Å²) in [6.45, 7) is 6.80. The fourth-order valence-corrected chi connectivity index (χ4v) is 2.57. The smallest absolute Gasteiger partial charge is 0.122 e. The molecule has 4 nitrogen and oxygen atoms in total. The van der Waals surface area contributed by atoms with Crippen molar-refractivity contribution in [1.82, 2.24) is 10.2 Å². The number of furan rings is 1. The number of nitrogens with zero attached hydrogens (tertiary/aromatic N) is 1. The van der Waals surface area contributed by atoms with Crippen LogP contribution >= 0.6 is 0 Å². The Balaban J connectivity index is 1.85. The van der Waals surface area contributed by atoms with E-state index in [1.807, 2.05) is 0 Å². The minimum Gasteiger partial charge on any atom is -0.468 e. The second kappa shape index (κ2) is 7.68. The van der Waals surface area contributed by atoms with Gasteiger partial charge in [0.05, 0.1) is 12.8 Å². The molecule has 4 heteroatoms. The monoisotopic (exact) mass is 266 g/mol. The first-order chi connectivity index (χ1) is 9.31. The predicted octanol–water partition coefficient (Wildman–Crippen LogP) is 2.39. The van der Waals surface area contributed by atoms with Gasteiger partial charge in [-0.1, -0.05) is 6.92 Å². The van der Waals surface area contributed by atoms with Crippen molar-refractivity contribution in [2.45, 2.75) is 45.3 Å². The Morgan fingerprint density at radius 1 is 1.37 bits per heavy atom. The minimum absolute atomic E-state index is 0.639. The van der Waals surface area contributed by atoms with Gasteiger partial charge in [-0.05, 0) is 38.9 Å². The zero-order chi connectivity index (χ0) is 13.5. The van der Waals surface area contributed by atoms with Crippen molar-refractivity contribution >= 4 is 0 Å². The van der Waals surface area contributed by atoms with Crippen molar-refractivity contribution in [1.29, 1.82) is 0 Å². The summed E-state index contributed by atoms with van der Waals surface area (Å²) in [5.41, 5.74) is 1.30. The number of hydrogen-bond donors (Lipinski definition) is 1. The van der Waals surface area contributed by atoms with Crippen molar-refractivity contribution in [3.8, 4) is 0 Å². The Hall–Kier alpha value is -0.840. The molecule has 1 aliphatic heterocycles. The summed E-state index contributed by atoms with van der Waals surface area (Å²) in [6, 6.07) is 2.73. The maximum Gasteiger partial charge on any atom is 0.122 e. The van der Waals surface area contributed by atoms with Gasteiger partial charge in [0, 0.05) is 31.4 Å². The van der Waals surface area contributed by atoms with Crippen LogP contribution in [-0.2, 0) is 17.8 Å². The predicted molar refractivity (Wildman–Crippen MR) is 76.0 cm³/mol. The number of rotatable bonds is 7. The third-order valence-electron chi connectivity index (χ3n) is 3.78. The summed E-state index contributed by atoms with van der Waals surface area (Å²) in [5, 5.41) is 3.40. The summed E-state index contributed by atoms with van der Waals surface area (Å²) in [7, 11) is 2.20. The lowest BCUT2D eigenvalue weighted by molar-refractivity contribution is 0.0405. The zero-order valence-electron chi connectivity index (χ0n) is 12.2. The van der Waals surface area contributed by atoms with Crippen LogP contribution in [0.1, 0.15) is 37.5 Å². The molecule has 0 aliphatic carbocycles. The Labute approximate surface area is 116 Å². The van der Waals surface area contributed by atoms with Crippen molar-refractivity contribution in [3.05, 3.63) is 23.7 Å². The highest BCUT2D eigenvalue weighted by atomic mass is 16.5. The zero-order valence-corrected chi connectivity index (χ0v) is 12.2. The van der Waals surface area contributed by atoms with Crippen molar-refractivity contribution in [2.24, 2.45) is 0 Å². The lowest BCUT2D eigenvalue weighted by atomic mass is 10.1. The number of nitrogens with one attached hydrogen (secondary N) is 1. The molecule has 1 aromatic heterocycles. The van der Waals surface area contributed by atoms with E-state index in [1.54, 1.807) is 6.26 Å². The van der Waals surface area contributed by atoms with E-state index in [4.69, 9.17) is 9.15 Å². The van der Waals surface area contributed by atoms with E-state index in [0.29, 0.717) is 6.04 Å². The van der Waals surface area contributed by atoms with Gasteiger partial charge in [0.2, 0.25) is 0 Å². The largest absolute Gasteiger partial charge is 0.468 e. The van der Waals surface area contributed by atoms with Crippen molar-refractivity contribution in [3.63, 3.8) is 0 Å². The standard InChI is InChI=1S/C15H26N2O2/c1-3-7-16-11-15-13(4-10-19-15)12-17(2)14-5-8-18-9-6-14/h4,10,14,16H,3,5-9,11-12H2,1-2H3. The number of hydrogen-bond acceptors (Lipinski definition) is 4. The van der Waals surface area contributed by atoms with Crippen LogP contribution < -0.4 is 5.32 Å². The van der Waals surface area contributed by atoms with Gasteiger partial charge in [0.25, 0.3) is 0 Å². The molecule has 0 amide bonds. The van der Waals surface area contributed by atoms with E-state index >= 15 is 0 Å². The average molecular weight is 266 g/mol. The highest BCUT2D eigenvalue weighted by Crippen LogP contribution is 2.18. The Bertz CT molecular complexity index is 359. The van der Waals surface area contributed by atoms with Crippen molar-refractivity contribution < 1.29 is 9.15 Å². The fraction of sp³-hybridized carbons (Fsp3) is 0.733. The van der Waals surface area contributed by atoms with Crippen LogP contribution in [0.4, 0.5) is 0 Å². The van der Waals surface area contributed by atoms with Gasteiger partial charge >= 0.3 is 0 Å². The van der Waals surface area contributed by atoms with E-state index in [2.05, 4.69) is 30.3 Å². The molecule has 2 heterocycles. The Morgan fingerprint density at radius 2 is 2.16 bits per heavy atom. The first kappa shape index (κ1) is 14.6. The molecule has 1 N–H and O–H groups in total. The molecular formula is C15H26N2O2. The SMILES string of the molecule is CCCNCc1occc1CN(C)C1CCOCC1. The van der Waals surface area contributed by atoms with E-state index in [-0.39, 0.29) is 0 Å². The fourth-order valence-electron chi connectivity index (χ4n) is 2.57. The first-order valence-electron chi connectivity index (χ1n) is 7.35. The molecule has 1 saturated heterocycles. The van der Waals surface area contributed by atoms with E-state index in [0.717, 1.165) is 57.9 Å². The lowest BCUT2D eigenvalue weighted by Crippen LogP contribution is -2.36. The van der Waals surface area contributed by atoms with Crippen LogP contribution in [0.25, 0.3) is 0 Å². The summed E-state index contributed by atoms with van der Waals surface area (Å²) in [6.07, 6.45) is 5.23. The maximum atomic E-state index is 5.59. The molecule has 1 aromatic rings. The van der Waals surface area contributed by atoms with Crippen LogP contribution in [0.2, 0.25) is 0 Å². The molecule has 0 aromatic carbocycles. The average Bonchev–Trinajstić information content (AvgIpc) is 2.87. The summed E-state index contributed by atoms with van der Waals surface area (Å²) in [4.78, 5) is 2.43. The van der Waals surface area contributed by atoms with Crippen LogP contribution in [-0.4, -0.2) is 37.7 Å². The molecule has 0 radical (unpaired) electrons. The first-order valence-corrected chi connectivity index (χ1v) is 7.35. The van der Waals surface area contributed by atoms with Gasteiger partial charge in [-0.2, -0.15) is 0 Å². The highest BCUT2D eigenvalue weighted by molar-refractivity contribution is 5.17. The molecule has 1 fully saturated rings. The molecule has 0 saturated carbocycles. The van der Waals surface area contributed by atoms with Gasteiger partial charge in [-0.3, -0.25) is 4.90 Å². The molecule has 0 spiro atoms. The number of ether oxygens (including phenoxy) is 1. The lowest BCUT2D eigenvalue weighted by Gasteiger charge is -2.31. The van der Waals surface area contributed by atoms with Crippen molar-refractivity contribution in [2.75, 3.05) is 26.8 Å². The van der Waals surface area contributed by atoms with Crippen LogP contribution in [0.15, 0.2) is 16.7 Å². The Kier molecular flexibility index (Phi) is 5.89. The second-order valence-electron chi connectivity index (χ2n) is 5.30. The second-order valence-corrected chi connectivity index (χ2v) is 5.30. The highest BCUT2D eigenvalue weighted by Gasteiger charge is 2.19. The molecule has 2 rings (SSSR count). The van der Waals surface area contributed by atoms with Gasteiger partial charge in [-0.25, -0.2) is 0 Å². The molecule has 19 heavy (non-hydrogen) atoms. The molecule has 1 aliphatic rings. The van der Waals surface area contributed by atoms with E-state index < -0.39 is 0 Å². The molecule has 0 atom stereocenters. The molecule has 0 bridgehead atoms. The third-order valence-corrected chi connectivity index (χ3v) is 3.78. The van der Waals surface area contributed by atoms with Crippen LogP contribution in [0, 0.1) is 0 Å². The molecule has 108 valence electrons. The minimum atomic E-state index is 0.639. The van der Waals surface area contributed by atoms with E-state index in [9.17, 15) is 0 Å². The molecular weight excluding hydrogens is 240 g/mol. The van der Waals surface area contributed by atoms with Gasteiger partial charge in [0.15, 0.2) is 0 Å². The topological polar surface area (TPSA) is 37.6 Å². The van der Waals surface area contributed by atoms with Gasteiger partial charge in [-0.15, -0.1) is 0 Å². The normalized spacial score (nSPS) is 17.2. The van der Waals surface area contributed by atoms with E-state index in [1.165, 1.54) is 5.56 Å².